The Hall–Kier alpha value is -3.64. The zero-order chi connectivity index (χ0) is 23.1. The van der Waals surface area contributed by atoms with Crippen LogP contribution in [0.15, 0.2) is 91.0 Å². The lowest BCUT2D eigenvalue weighted by molar-refractivity contribution is -0.143. The Balaban J connectivity index is 1.64. The molecule has 33 heavy (non-hydrogen) atoms. The number of hydrogen-bond donors (Lipinski definition) is 1. The van der Waals surface area contributed by atoms with Crippen LogP contribution in [0.3, 0.4) is 0 Å². The van der Waals surface area contributed by atoms with Crippen molar-refractivity contribution in [2.45, 2.75) is 24.5 Å². The predicted molar refractivity (Wildman–Crippen MR) is 124 cm³/mol. The van der Waals surface area contributed by atoms with E-state index in [0.717, 1.165) is 5.56 Å². The Morgan fingerprint density at radius 1 is 0.909 bits per heavy atom. The van der Waals surface area contributed by atoms with Gasteiger partial charge < -0.3 is 19.5 Å². The van der Waals surface area contributed by atoms with Gasteiger partial charge in [0.2, 0.25) is 0 Å². The van der Waals surface area contributed by atoms with Crippen LogP contribution in [-0.2, 0) is 26.3 Å². The summed E-state index contributed by atoms with van der Waals surface area (Å²) < 4.78 is 11.2. The van der Waals surface area contributed by atoms with E-state index in [1.807, 2.05) is 91.0 Å². The van der Waals surface area contributed by atoms with Gasteiger partial charge in [-0.2, -0.15) is 0 Å². The summed E-state index contributed by atoms with van der Waals surface area (Å²) in [4.78, 5) is 27.5. The van der Waals surface area contributed by atoms with E-state index in [2.05, 4.69) is 0 Å². The molecule has 1 fully saturated rings. The summed E-state index contributed by atoms with van der Waals surface area (Å²) >= 11 is 0. The average Bonchev–Trinajstić information content (AvgIpc) is 2.87. The largest absolute Gasteiger partial charge is 0.480 e. The molecule has 1 amide bonds. The van der Waals surface area contributed by atoms with E-state index in [-0.39, 0.29) is 19.6 Å². The Bertz CT molecular complexity index is 1020. The normalized spacial score (nSPS) is 16.2. The van der Waals surface area contributed by atoms with Gasteiger partial charge in [0.05, 0.1) is 19.3 Å². The van der Waals surface area contributed by atoms with E-state index < -0.39 is 23.5 Å². The molecule has 3 aromatic rings. The van der Waals surface area contributed by atoms with Crippen LogP contribution in [0.1, 0.15) is 23.1 Å². The molecule has 1 heterocycles. The molecule has 0 aromatic heterocycles. The van der Waals surface area contributed by atoms with Crippen molar-refractivity contribution >= 4 is 12.1 Å². The molecule has 1 saturated heterocycles. The van der Waals surface area contributed by atoms with Crippen LogP contribution in [-0.4, -0.2) is 47.9 Å². The fourth-order valence-electron chi connectivity index (χ4n) is 4.40. The molecule has 6 nitrogen and oxygen atoms in total. The third kappa shape index (κ3) is 4.91. The Morgan fingerprint density at radius 2 is 1.45 bits per heavy atom. The van der Waals surface area contributed by atoms with Crippen molar-refractivity contribution in [2.24, 2.45) is 0 Å². The molecule has 1 aliphatic rings. The highest BCUT2D eigenvalue weighted by Crippen LogP contribution is 2.39. The van der Waals surface area contributed by atoms with Crippen molar-refractivity contribution in [3.05, 3.63) is 108 Å². The van der Waals surface area contributed by atoms with Crippen molar-refractivity contribution in [1.82, 2.24) is 4.90 Å². The van der Waals surface area contributed by atoms with Crippen molar-refractivity contribution in [2.75, 3.05) is 19.8 Å². The van der Waals surface area contributed by atoms with Crippen LogP contribution in [0.2, 0.25) is 0 Å². The van der Waals surface area contributed by atoms with E-state index in [1.54, 1.807) is 4.90 Å². The number of morpholine rings is 1. The number of nitrogens with zero attached hydrogens (tertiary/aromatic N) is 1. The van der Waals surface area contributed by atoms with Gasteiger partial charge in [0.1, 0.15) is 12.0 Å². The monoisotopic (exact) mass is 445 g/mol. The summed E-state index contributed by atoms with van der Waals surface area (Å²) in [5, 5.41) is 10.6. The summed E-state index contributed by atoms with van der Waals surface area (Å²) in [6.07, 6.45) is -0.302. The molecule has 1 aliphatic heterocycles. The minimum atomic E-state index is -1.34. The molecule has 0 aliphatic carbocycles. The Morgan fingerprint density at radius 3 is 2.00 bits per heavy atom. The lowest BCUT2D eigenvalue weighted by atomic mass is 9.70. The highest BCUT2D eigenvalue weighted by Gasteiger charge is 2.46. The smallest absolute Gasteiger partial charge is 0.410 e. The third-order valence-corrected chi connectivity index (χ3v) is 6.11. The second kappa shape index (κ2) is 10.3. The predicted octanol–water partition coefficient (Wildman–Crippen LogP) is 4.49. The molecule has 6 heteroatoms. The van der Waals surface area contributed by atoms with E-state index in [0.29, 0.717) is 24.3 Å². The number of amides is 1. The van der Waals surface area contributed by atoms with Crippen LogP contribution in [0, 0.1) is 0 Å². The van der Waals surface area contributed by atoms with Crippen LogP contribution < -0.4 is 0 Å². The number of ether oxygens (including phenoxy) is 2. The topological polar surface area (TPSA) is 76.1 Å². The molecule has 1 unspecified atom stereocenters. The maximum atomic E-state index is 13.0. The molecule has 0 saturated carbocycles. The van der Waals surface area contributed by atoms with Gasteiger partial charge in [-0.25, -0.2) is 4.79 Å². The first-order valence-electron chi connectivity index (χ1n) is 11.0. The lowest BCUT2D eigenvalue weighted by Gasteiger charge is -2.40. The number of carboxylic acids is 1. The maximum Gasteiger partial charge on any atom is 0.410 e. The van der Waals surface area contributed by atoms with Crippen LogP contribution in [0.5, 0.6) is 0 Å². The minimum Gasteiger partial charge on any atom is -0.480 e. The van der Waals surface area contributed by atoms with Gasteiger partial charge in [0.25, 0.3) is 0 Å². The fraction of sp³-hybridized carbons (Fsp3) is 0.259. The highest BCUT2D eigenvalue weighted by atomic mass is 16.6. The van der Waals surface area contributed by atoms with Crippen molar-refractivity contribution in [3.63, 3.8) is 0 Å². The van der Waals surface area contributed by atoms with Crippen LogP contribution in [0.4, 0.5) is 4.79 Å². The van der Waals surface area contributed by atoms with E-state index in [9.17, 15) is 14.7 Å². The summed E-state index contributed by atoms with van der Waals surface area (Å²) in [5.41, 5.74) is 0.870. The quantitative estimate of drug-likeness (QED) is 0.580. The number of benzene rings is 3. The molecule has 0 radical (unpaired) electrons. The number of carbonyl (C=O) groups is 2. The molecular formula is C27H27NO5. The fourth-order valence-corrected chi connectivity index (χ4v) is 4.40. The number of carboxylic acid groups (broad SMARTS) is 1. The first kappa shape index (κ1) is 22.6. The standard InChI is InChI=1S/C27H27NO5/c29-25(30)27(22-12-6-2-7-13-22,23-14-8-3-9-15-23)18-24-20-32-17-16-28(24)26(31)33-19-21-10-4-1-5-11-21/h1-15,24H,16-20H2,(H,29,30). The average molecular weight is 446 g/mol. The molecule has 0 spiro atoms. The van der Waals surface area contributed by atoms with Crippen molar-refractivity contribution in [1.29, 1.82) is 0 Å². The van der Waals surface area contributed by atoms with Gasteiger partial charge in [0.15, 0.2) is 0 Å². The van der Waals surface area contributed by atoms with Crippen LogP contribution in [0.25, 0.3) is 0 Å². The third-order valence-electron chi connectivity index (χ3n) is 6.11. The summed E-state index contributed by atoms with van der Waals surface area (Å²) in [6, 6.07) is 27.4. The van der Waals surface area contributed by atoms with Gasteiger partial charge in [-0.3, -0.25) is 4.79 Å². The number of rotatable bonds is 7. The highest BCUT2D eigenvalue weighted by molar-refractivity contribution is 5.86. The maximum absolute atomic E-state index is 13.0. The Labute approximate surface area is 193 Å². The molecule has 3 aromatic carbocycles. The summed E-state index contributed by atoms with van der Waals surface area (Å²) in [5.74, 6) is -0.969. The van der Waals surface area contributed by atoms with Gasteiger partial charge >= 0.3 is 12.1 Å². The molecule has 4 rings (SSSR count). The van der Waals surface area contributed by atoms with E-state index in [4.69, 9.17) is 9.47 Å². The second-order valence-corrected chi connectivity index (χ2v) is 8.11. The number of carbonyl (C=O) groups excluding carboxylic acids is 1. The van der Waals surface area contributed by atoms with Crippen LogP contribution >= 0.6 is 0 Å². The zero-order valence-corrected chi connectivity index (χ0v) is 18.3. The summed E-state index contributed by atoms with van der Waals surface area (Å²) in [6.45, 7) is 1.13. The van der Waals surface area contributed by atoms with Gasteiger partial charge in [-0.1, -0.05) is 91.0 Å². The zero-order valence-electron chi connectivity index (χ0n) is 18.3. The van der Waals surface area contributed by atoms with Gasteiger partial charge in [-0.15, -0.1) is 0 Å². The molecule has 1 N–H and O–H groups in total. The van der Waals surface area contributed by atoms with E-state index in [1.165, 1.54) is 0 Å². The van der Waals surface area contributed by atoms with Crippen molar-refractivity contribution in [3.8, 4) is 0 Å². The van der Waals surface area contributed by atoms with E-state index >= 15 is 0 Å². The number of hydrogen-bond acceptors (Lipinski definition) is 4. The van der Waals surface area contributed by atoms with Gasteiger partial charge in [0, 0.05) is 6.54 Å². The second-order valence-electron chi connectivity index (χ2n) is 8.11. The first-order valence-corrected chi connectivity index (χ1v) is 11.0. The molecular weight excluding hydrogens is 418 g/mol. The van der Waals surface area contributed by atoms with Gasteiger partial charge in [-0.05, 0) is 23.1 Å². The molecule has 170 valence electrons. The Kier molecular flexibility index (Phi) is 7.05. The lowest BCUT2D eigenvalue weighted by Crippen LogP contribution is -2.53. The molecule has 1 atom stereocenters. The number of aliphatic carboxylic acids is 1. The SMILES string of the molecule is O=C(OCc1ccccc1)N1CCOCC1CC(C(=O)O)(c1ccccc1)c1ccccc1. The minimum absolute atomic E-state index is 0.158. The summed E-state index contributed by atoms with van der Waals surface area (Å²) in [7, 11) is 0. The first-order chi connectivity index (χ1) is 16.1. The van der Waals surface area contributed by atoms with Crippen molar-refractivity contribution < 1.29 is 24.2 Å². The molecule has 0 bridgehead atoms.